The van der Waals surface area contributed by atoms with Crippen molar-refractivity contribution in [2.24, 2.45) is 0 Å². The summed E-state index contributed by atoms with van der Waals surface area (Å²) >= 11 is 0. The molecule has 0 aliphatic carbocycles. The van der Waals surface area contributed by atoms with Crippen LogP contribution in [0, 0.1) is 22.7 Å². The van der Waals surface area contributed by atoms with Crippen molar-refractivity contribution in [2.75, 3.05) is 4.90 Å². The molecule has 298 valence electrons. The number of nitriles is 2. The molecule has 0 atom stereocenters. The van der Waals surface area contributed by atoms with Crippen LogP contribution in [0.25, 0.3) is 83.1 Å². The second-order valence-corrected chi connectivity index (χ2v) is 15.8. The van der Waals surface area contributed by atoms with Gasteiger partial charge in [0.2, 0.25) is 0 Å². The number of rotatable bonds is 7. The van der Waals surface area contributed by atoms with Crippen LogP contribution in [0.5, 0.6) is 0 Å². The lowest BCUT2D eigenvalue weighted by Gasteiger charge is -2.24. The fourth-order valence-electron chi connectivity index (χ4n) is 9.30. The summed E-state index contributed by atoms with van der Waals surface area (Å²) in [4.78, 5) is 32.2. The lowest BCUT2D eigenvalue weighted by atomic mass is 9.90. The highest BCUT2D eigenvalue weighted by Gasteiger charge is 2.42. The first-order valence-electron chi connectivity index (χ1n) is 21.0. The van der Waals surface area contributed by atoms with E-state index in [2.05, 4.69) is 53.1 Å². The molecule has 0 bridgehead atoms. The Labute approximate surface area is 369 Å². The van der Waals surface area contributed by atoms with Crippen molar-refractivity contribution in [3.63, 3.8) is 0 Å². The van der Waals surface area contributed by atoms with Gasteiger partial charge in [-0.3, -0.25) is 9.59 Å². The van der Waals surface area contributed by atoms with Gasteiger partial charge in [0.05, 0.1) is 56.8 Å². The monoisotopic (exact) mass is 818 g/mol. The van der Waals surface area contributed by atoms with E-state index in [1.54, 1.807) is 6.07 Å². The molecule has 0 unspecified atom stereocenters. The Bertz CT molecular complexity index is 3410. The van der Waals surface area contributed by atoms with Crippen molar-refractivity contribution >= 4 is 39.3 Å². The molecule has 0 spiro atoms. The fraction of sp³-hybridized carbons (Fsp3) is 0. The largest absolute Gasteiger partial charge is 0.308 e. The summed E-state index contributed by atoms with van der Waals surface area (Å²) in [5.41, 5.74) is 13.5. The third kappa shape index (κ3) is 6.10. The van der Waals surface area contributed by atoms with E-state index < -0.39 is 11.8 Å². The average Bonchev–Trinajstić information content (AvgIpc) is 3.84. The van der Waals surface area contributed by atoms with Gasteiger partial charge in [0.25, 0.3) is 11.8 Å². The van der Waals surface area contributed by atoms with E-state index in [1.807, 2.05) is 164 Å². The van der Waals surface area contributed by atoms with Gasteiger partial charge in [-0.05, 0) is 105 Å². The number of imide groups is 1. The van der Waals surface area contributed by atoms with Gasteiger partial charge in [-0.1, -0.05) is 146 Å². The molecule has 10 aromatic rings. The zero-order valence-corrected chi connectivity index (χ0v) is 34.2. The van der Waals surface area contributed by atoms with Crippen molar-refractivity contribution in [3.05, 3.63) is 229 Å². The summed E-state index contributed by atoms with van der Waals surface area (Å²) in [5, 5.41) is 21.1. The van der Waals surface area contributed by atoms with Crippen LogP contribution < -0.4 is 4.90 Å². The summed E-state index contributed by atoms with van der Waals surface area (Å²) in [6.07, 6.45) is 0. The molecule has 6 heteroatoms. The number of anilines is 1. The highest BCUT2D eigenvalue weighted by atomic mass is 16.2. The molecule has 0 radical (unpaired) electrons. The molecular formula is C58H34N4O2. The van der Waals surface area contributed by atoms with Crippen LogP contribution >= 0.6 is 0 Å². The second-order valence-electron chi connectivity index (χ2n) is 15.8. The summed E-state index contributed by atoms with van der Waals surface area (Å²) in [6.45, 7) is 0. The number of hydrogen-bond donors (Lipinski definition) is 0. The van der Waals surface area contributed by atoms with Crippen LogP contribution in [-0.2, 0) is 0 Å². The van der Waals surface area contributed by atoms with Crippen LogP contribution in [0.4, 0.5) is 5.69 Å². The standard InChI is InChI=1S/C58H34N4O2/c59-35-37-25-29-42(30-26-37)45-19-10-22-50-53(45)54-46(43-31-27-38(36-60)28-32-43)20-11-23-51(54)61(50)52-24-12-21-47-55(52)58(64)62(57(47)63)56-48(40-15-6-2-7-16-40)33-44(39-13-4-1-5-14-39)34-49(56)41-17-8-3-9-18-41/h1-34H. The number of fused-ring (bicyclic) bond motifs is 4. The Balaban J connectivity index is 1.18. The lowest BCUT2D eigenvalue weighted by Crippen LogP contribution is -2.30. The van der Waals surface area contributed by atoms with E-state index in [-0.39, 0.29) is 0 Å². The minimum atomic E-state index is -0.418. The smallest absolute Gasteiger partial charge is 0.268 e. The van der Waals surface area contributed by atoms with Crippen molar-refractivity contribution < 1.29 is 9.59 Å². The number of amides is 2. The first-order chi connectivity index (χ1) is 31.5. The van der Waals surface area contributed by atoms with E-state index in [4.69, 9.17) is 0 Å². The normalized spacial score (nSPS) is 12.1. The highest BCUT2D eigenvalue weighted by molar-refractivity contribution is 6.37. The molecule has 0 saturated carbocycles. The van der Waals surface area contributed by atoms with E-state index in [0.29, 0.717) is 33.6 Å². The first-order valence-corrected chi connectivity index (χ1v) is 21.0. The summed E-state index contributed by atoms with van der Waals surface area (Å²) in [6, 6.07) is 71.5. The number of benzene rings is 9. The Morgan fingerprint density at radius 2 is 0.781 bits per heavy atom. The van der Waals surface area contributed by atoms with Crippen LogP contribution in [0.2, 0.25) is 0 Å². The molecule has 1 aliphatic heterocycles. The number of carbonyl (C=O) groups excluding carboxylic acids is 2. The van der Waals surface area contributed by atoms with Crippen molar-refractivity contribution in [2.45, 2.75) is 0 Å². The molecule has 9 aromatic carbocycles. The number of hydrogen-bond acceptors (Lipinski definition) is 4. The van der Waals surface area contributed by atoms with Gasteiger partial charge in [0.15, 0.2) is 0 Å². The molecule has 0 saturated heterocycles. The molecule has 1 aromatic heterocycles. The summed E-state index contributed by atoms with van der Waals surface area (Å²) in [7, 11) is 0. The molecule has 2 heterocycles. The highest BCUT2D eigenvalue weighted by Crippen LogP contribution is 2.48. The van der Waals surface area contributed by atoms with Gasteiger partial charge in [-0.15, -0.1) is 0 Å². The van der Waals surface area contributed by atoms with Crippen LogP contribution in [0.3, 0.4) is 0 Å². The molecule has 1 aliphatic rings. The van der Waals surface area contributed by atoms with Gasteiger partial charge in [0, 0.05) is 21.9 Å². The second kappa shape index (κ2) is 15.4. The van der Waals surface area contributed by atoms with E-state index in [9.17, 15) is 10.5 Å². The maximum atomic E-state index is 15.7. The number of aromatic nitrogens is 1. The minimum absolute atomic E-state index is 0.309. The van der Waals surface area contributed by atoms with Gasteiger partial charge < -0.3 is 4.57 Å². The Morgan fingerprint density at radius 3 is 1.25 bits per heavy atom. The molecular weight excluding hydrogens is 785 g/mol. The van der Waals surface area contributed by atoms with Gasteiger partial charge in [0.1, 0.15) is 0 Å². The zero-order valence-electron chi connectivity index (χ0n) is 34.2. The predicted octanol–water partition coefficient (Wildman–Crippen LogP) is 13.7. The van der Waals surface area contributed by atoms with Crippen molar-refractivity contribution in [3.8, 4) is 73.5 Å². The van der Waals surface area contributed by atoms with Crippen LogP contribution in [0.15, 0.2) is 206 Å². The van der Waals surface area contributed by atoms with Crippen molar-refractivity contribution in [1.82, 2.24) is 4.57 Å². The maximum absolute atomic E-state index is 15.7. The van der Waals surface area contributed by atoms with E-state index in [0.717, 1.165) is 77.4 Å². The molecule has 2 amide bonds. The molecule has 0 N–H and O–H groups in total. The molecule has 11 rings (SSSR count). The molecule has 6 nitrogen and oxygen atoms in total. The van der Waals surface area contributed by atoms with Crippen molar-refractivity contribution in [1.29, 1.82) is 10.5 Å². The average molecular weight is 819 g/mol. The number of nitrogens with zero attached hydrogens (tertiary/aromatic N) is 4. The minimum Gasteiger partial charge on any atom is -0.308 e. The maximum Gasteiger partial charge on any atom is 0.268 e. The van der Waals surface area contributed by atoms with Gasteiger partial charge in [-0.2, -0.15) is 10.5 Å². The fourth-order valence-corrected chi connectivity index (χ4v) is 9.30. The Kier molecular flexibility index (Phi) is 9.12. The van der Waals surface area contributed by atoms with Gasteiger partial charge >= 0.3 is 0 Å². The Hall–Kier alpha value is -9.10. The van der Waals surface area contributed by atoms with Gasteiger partial charge in [-0.25, -0.2) is 4.90 Å². The molecule has 64 heavy (non-hydrogen) atoms. The van der Waals surface area contributed by atoms with E-state index in [1.165, 1.54) is 4.90 Å². The van der Waals surface area contributed by atoms with Crippen LogP contribution in [0.1, 0.15) is 31.8 Å². The summed E-state index contributed by atoms with van der Waals surface area (Å²) in [5.74, 6) is -0.820. The molecule has 0 fully saturated rings. The van der Waals surface area contributed by atoms with Crippen LogP contribution in [-0.4, -0.2) is 16.4 Å². The number of carbonyl (C=O) groups is 2. The quantitative estimate of drug-likeness (QED) is 0.150. The third-order valence-electron chi connectivity index (χ3n) is 12.2. The van der Waals surface area contributed by atoms with E-state index >= 15 is 9.59 Å². The SMILES string of the molecule is N#Cc1ccc(-c2cccc3c2c2c(-c4ccc(C#N)cc4)cccc2n3-c2cccc3c2C(=O)N(c2c(-c4ccccc4)cc(-c4ccccc4)cc2-c2ccccc2)C3=O)cc1. The Morgan fingerprint density at radius 1 is 0.359 bits per heavy atom. The topological polar surface area (TPSA) is 89.9 Å². The lowest BCUT2D eigenvalue weighted by molar-refractivity contribution is 0.0926. The first kappa shape index (κ1) is 37.9. The predicted molar refractivity (Wildman–Crippen MR) is 255 cm³/mol. The third-order valence-corrected chi connectivity index (χ3v) is 12.2. The summed E-state index contributed by atoms with van der Waals surface area (Å²) < 4.78 is 2.10. The zero-order chi connectivity index (χ0) is 43.3.